The van der Waals surface area contributed by atoms with Crippen molar-refractivity contribution in [1.29, 1.82) is 0 Å². The number of thiophene rings is 1. The van der Waals surface area contributed by atoms with Crippen molar-refractivity contribution in [3.8, 4) is 10.6 Å². The molecule has 6 heteroatoms. The van der Waals surface area contributed by atoms with Crippen molar-refractivity contribution >= 4 is 22.9 Å². The summed E-state index contributed by atoms with van der Waals surface area (Å²) in [5, 5.41) is 9.25. The lowest BCUT2D eigenvalue weighted by molar-refractivity contribution is 0.102. The first-order valence-corrected chi connectivity index (χ1v) is 9.71. The molecule has 1 N–H and O–H groups in total. The maximum Gasteiger partial charge on any atom is 0.259 e. The topological polar surface area (TPSA) is 46.9 Å². The van der Waals surface area contributed by atoms with Gasteiger partial charge in [-0.15, -0.1) is 11.3 Å². The maximum absolute atomic E-state index is 14.1. The number of nitrogens with zero attached hydrogens (tertiary/aromatic N) is 2. The molecule has 2 heterocycles. The molecule has 0 saturated heterocycles. The summed E-state index contributed by atoms with van der Waals surface area (Å²) in [5.41, 5.74) is 3.13. The fourth-order valence-electron chi connectivity index (χ4n) is 2.96. The fourth-order valence-corrected chi connectivity index (χ4v) is 3.68. The third-order valence-corrected chi connectivity index (χ3v) is 5.19. The Morgan fingerprint density at radius 1 is 1.14 bits per heavy atom. The predicted molar refractivity (Wildman–Crippen MR) is 110 cm³/mol. The van der Waals surface area contributed by atoms with Crippen LogP contribution < -0.4 is 5.32 Å². The summed E-state index contributed by atoms with van der Waals surface area (Å²) in [6.07, 6.45) is 1.71. The maximum atomic E-state index is 14.1. The first-order valence-electron chi connectivity index (χ1n) is 8.83. The molecule has 0 aliphatic carbocycles. The zero-order chi connectivity index (χ0) is 19.5. The summed E-state index contributed by atoms with van der Waals surface area (Å²) in [4.78, 5) is 13.8. The molecular weight excluding hydrogens is 373 g/mol. The average Bonchev–Trinajstić information content (AvgIpc) is 3.35. The largest absolute Gasteiger partial charge is 0.319 e. The number of carbonyl (C=O) groups is 1. The van der Waals surface area contributed by atoms with E-state index in [1.54, 1.807) is 23.0 Å². The number of nitrogens with one attached hydrogen (secondary N) is 1. The summed E-state index contributed by atoms with van der Waals surface area (Å²) in [6, 6.07) is 18.4. The number of hydrogen-bond acceptors (Lipinski definition) is 3. The van der Waals surface area contributed by atoms with E-state index in [-0.39, 0.29) is 11.6 Å². The lowest BCUT2D eigenvalue weighted by atomic mass is 10.1. The van der Waals surface area contributed by atoms with Crippen LogP contribution in [0.4, 0.5) is 10.1 Å². The highest BCUT2D eigenvalue weighted by molar-refractivity contribution is 7.13. The van der Waals surface area contributed by atoms with Gasteiger partial charge < -0.3 is 5.32 Å². The Balaban J connectivity index is 1.68. The molecule has 0 aliphatic rings. The highest BCUT2D eigenvalue weighted by Crippen LogP contribution is 2.28. The number of carbonyl (C=O) groups excluding carboxylic acids is 1. The van der Waals surface area contributed by atoms with Crippen molar-refractivity contribution in [2.75, 3.05) is 5.32 Å². The van der Waals surface area contributed by atoms with Crippen LogP contribution in [-0.4, -0.2) is 15.7 Å². The van der Waals surface area contributed by atoms with Gasteiger partial charge in [-0.2, -0.15) is 5.10 Å². The molecule has 0 saturated carbocycles. The van der Waals surface area contributed by atoms with Gasteiger partial charge in [-0.3, -0.25) is 9.48 Å². The zero-order valence-corrected chi connectivity index (χ0v) is 16.0. The standard InChI is InChI=1S/C22H18FN3OS/c1-15-9-10-18(23)19(12-15)24-22(27)17-14-26(13-16-6-3-2-4-7-16)25-21(17)20-8-5-11-28-20/h2-12,14H,13H2,1H3,(H,24,27). The summed E-state index contributed by atoms with van der Waals surface area (Å²) >= 11 is 1.51. The molecule has 1 amide bonds. The van der Waals surface area contributed by atoms with Crippen LogP contribution in [0.2, 0.25) is 0 Å². The Morgan fingerprint density at radius 3 is 2.71 bits per heavy atom. The zero-order valence-electron chi connectivity index (χ0n) is 15.2. The fraction of sp³-hybridized carbons (Fsp3) is 0.0909. The molecule has 2 aromatic heterocycles. The number of anilines is 1. The summed E-state index contributed by atoms with van der Waals surface area (Å²) in [7, 11) is 0. The number of rotatable bonds is 5. The molecular formula is C22H18FN3OS. The molecule has 0 aliphatic heterocycles. The highest BCUT2D eigenvalue weighted by Gasteiger charge is 2.20. The van der Waals surface area contributed by atoms with Crippen molar-refractivity contribution in [2.45, 2.75) is 13.5 Å². The van der Waals surface area contributed by atoms with Gasteiger partial charge in [0.15, 0.2) is 0 Å². The lowest BCUT2D eigenvalue weighted by Gasteiger charge is -2.07. The number of aromatic nitrogens is 2. The molecule has 4 nitrogen and oxygen atoms in total. The van der Waals surface area contributed by atoms with Gasteiger partial charge in [0.05, 0.1) is 22.7 Å². The summed E-state index contributed by atoms with van der Waals surface area (Å²) in [5.74, 6) is -0.847. The van der Waals surface area contributed by atoms with E-state index in [0.29, 0.717) is 17.8 Å². The van der Waals surface area contributed by atoms with Gasteiger partial charge in [0, 0.05) is 6.20 Å². The van der Waals surface area contributed by atoms with Crippen LogP contribution in [0.15, 0.2) is 72.2 Å². The van der Waals surface area contributed by atoms with E-state index in [0.717, 1.165) is 16.0 Å². The van der Waals surface area contributed by atoms with Crippen molar-refractivity contribution in [2.24, 2.45) is 0 Å². The normalized spacial score (nSPS) is 10.8. The minimum absolute atomic E-state index is 0.165. The minimum Gasteiger partial charge on any atom is -0.319 e. The van der Waals surface area contributed by atoms with Crippen LogP contribution in [0.5, 0.6) is 0 Å². The first-order chi connectivity index (χ1) is 13.6. The highest BCUT2D eigenvalue weighted by atomic mass is 32.1. The van der Waals surface area contributed by atoms with Crippen LogP contribution in [-0.2, 0) is 6.54 Å². The Morgan fingerprint density at radius 2 is 1.96 bits per heavy atom. The molecule has 0 unspecified atom stereocenters. The van der Waals surface area contributed by atoms with E-state index in [4.69, 9.17) is 0 Å². The molecule has 28 heavy (non-hydrogen) atoms. The molecule has 4 rings (SSSR count). The SMILES string of the molecule is Cc1ccc(F)c(NC(=O)c2cn(Cc3ccccc3)nc2-c2cccs2)c1. The third kappa shape index (κ3) is 3.87. The Labute approximate surface area is 166 Å². The van der Waals surface area contributed by atoms with Gasteiger partial charge in [0.2, 0.25) is 0 Å². The number of halogens is 1. The molecule has 0 bridgehead atoms. The predicted octanol–water partition coefficient (Wildman–Crippen LogP) is 5.36. The van der Waals surface area contributed by atoms with E-state index in [2.05, 4.69) is 10.4 Å². The quantitative estimate of drug-likeness (QED) is 0.498. The van der Waals surface area contributed by atoms with Crippen LogP contribution in [0.3, 0.4) is 0 Å². The number of amides is 1. The van der Waals surface area contributed by atoms with E-state index in [9.17, 15) is 9.18 Å². The smallest absolute Gasteiger partial charge is 0.259 e. The minimum atomic E-state index is -0.465. The van der Waals surface area contributed by atoms with E-state index >= 15 is 0 Å². The van der Waals surface area contributed by atoms with Crippen molar-refractivity contribution in [1.82, 2.24) is 9.78 Å². The first kappa shape index (κ1) is 18.1. The Bertz CT molecular complexity index is 1100. The molecule has 0 radical (unpaired) electrons. The second kappa shape index (κ2) is 7.78. The summed E-state index contributed by atoms with van der Waals surface area (Å²) in [6.45, 7) is 2.40. The van der Waals surface area contributed by atoms with Gasteiger partial charge in [0.1, 0.15) is 11.5 Å². The van der Waals surface area contributed by atoms with Crippen LogP contribution in [0.1, 0.15) is 21.5 Å². The average molecular weight is 391 g/mol. The molecule has 0 atom stereocenters. The van der Waals surface area contributed by atoms with E-state index in [1.807, 2.05) is 54.8 Å². The van der Waals surface area contributed by atoms with Gasteiger partial charge in [-0.05, 0) is 41.6 Å². The Hall–Kier alpha value is -3.25. The molecule has 0 spiro atoms. The van der Waals surface area contributed by atoms with Gasteiger partial charge in [-0.25, -0.2) is 4.39 Å². The van der Waals surface area contributed by atoms with Gasteiger partial charge >= 0.3 is 0 Å². The number of benzene rings is 2. The van der Waals surface area contributed by atoms with Crippen molar-refractivity contribution in [3.05, 3.63) is 94.7 Å². The molecule has 0 fully saturated rings. The summed E-state index contributed by atoms with van der Waals surface area (Å²) < 4.78 is 15.8. The van der Waals surface area contributed by atoms with E-state index < -0.39 is 5.82 Å². The molecule has 4 aromatic rings. The lowest BCUT2D eigenvalue weighted by Crippen LogP contribution is -2.13. The van der Waals surface area contributed by atoms with Crippen LogP contribution >= 0.6 is 11.3 Å². The van der Waals surface area contributed by atoms with Crippen LogP contribution in [0.25, 0.3) is 10.6 Å². The van der Waals surface area contributed by atoms with Crippen molar-refractivity contribution < 1.29 is 9.18 Å². The number of hydrogen-bond donors (Lipinski definition) is 1. The second-order valence-electron chi connectivity index (χ2n) is 6.49. The van der Waals surface area contributed by atoms with E-state index in [1.165, 1.54) is 17.4 Å². The monoisotopic (exact) mass is 391 g/mol. The third-order valence-electron chi connectivity index (χ3n) is 4.32. The second-order valence-corrected chi connectivity index (χ2v) is 7.44. The molecule has 140 valence electrons. The number of aryl methyl sites for hydroxylation is 1. The molecule has 2 aromatic carbocycles. The Kier molecular flexibility index (Phi) is 5.04. The van der Waals surface area contributed by atoms with Crippen LogP contribution in [0, 0.1) is 12.7 Å². The van der Waals surface area contributed by atoms with Gasteiger partial charge in [-0.1, -0.05) is 42.5 Å². The van der Waals surface area contributed by atoms with Gasteiger partial charge in [0.25, 0.3) is 5.91 Å². The van der Waals surface area contributed by atoms with Crippen molar-refractivity contribution in [3.63, 3.8) is 0 Å².